The van der Waals surface area contributed by atoms with Crippen molar-refractivity contribution >= 4 is 17.7 Å². The van der Waals surface area contributed by atoms with E-state index in [1.165, 1.54) is 19.1 Å². The van der Waals surface area contributed by atoms with Gasteiger partial charge in [0.2, 0.25) is 0 Å². The molecule has 6 N–H and O–H groups in total. The number of esters is 2. The molecule has 4 aliphatic rings. The number of carbonyl (C=O) groups excluding carboxylic acids is 3. The maximum Gasteiger partial charge on any atom is 0.338 e. The minimum Gasteiger partial charge on any atom is -0.456 e. The van der Waals surface area contributed by atoms with E-state index in [0.29, 0.717) is 12.1 Å². The van der Waals surface area contributed by atoms with Crippen LogP contribution in [0.5, 0.6) is 0 Å². The van der Waals surface area contributed by atoms with Gasteiger partial charge in [-0.3, -0.25) is 4.79 Å². The van der Waals surface area contributed by atoms with Crippen LogP contribution in [-0.4, -0.2) is 97.7 Å². The first-order valence-electron chi connectivity index (χ1n) is 18.7. The third-order valence-electron chi connectivity index (χ3n) is 13.0. The van der Waals surface area contributed by atoms with Gasteiger partial charge in [-0.1, -0.05) is 92.7 Å². The van der Waals surface area contributed by atoms with Crippen LogP contribution < -0.4 is 5.32 Å². The first-order chi connectivity index (χ1) is 26.1. The molecule has 11 atom stereocenters. The summed E-state index contributed by atoms with van der Waals surface area (Å²) in [7, 11) is 0. The van der Waals surface area contributed by atoms with Gasteiger partial charge in [0.05, 0.1) is 35.8 Å². The van der Waals surface area contributed by atoms with E-state index in [2.05, 4.69) is 5.32 Å². The summed E-state index contributed by atoms with van der Waals surface area (Å²) in [5.41, 5.74) is -5.64. The van der Waals surface area contributed by atoms with Gasteiger partial charge in [-0.05, 0) is 48.3 Å². The molecule has 14 heteroatoms. The fourth-order valence-corrected chi connectivity index (χ4v) is 9.62. The number of ketones is 1. The van der Waals surface area contributed by atoms with E-state index in [1.807, 2.05) is 36.4 Å². The molecule has 3 aromatic rings. The van der Waals surface area contributed by atoms with Crippen molar-refractivity contribution in [2.75, 3.05) is 6.61 Å². The van der Waals surface area contributed by atoms with E-state index in [1.54, 1.807) is 63.2 Å². The second-order valence-corrected chi connectivity index (χ2v) is 16.2. The Bertz CT molecular complexity index is 1970. The van der Waals surface area contributed by atoms with Crippen LogP contribution >= 0.6 is 0 Å². The van der Waals surface area contributed by atoms with Gasteiger partial charge in [-0.25, -0.2) is 9.59 Å². The summed E-state index contributed by atoms with van der Waals surface area (Å²) in [5.74, 6) is -4.23. The standard InChI is InChI=1S/C43H49NO11.2Ac/c1-24-28(54-39(50)34(47)32(26-16-10-6-11-17-26)44-22-25-14-8-5-9-15-25)21-43(52)37(55-38(49)27-18-12-7-13-19-27)35-41(4,29(45)20-30-42(35,51)23-53-30)36(48)33(46)31(24)40(43,2)3;;/h5-19,28-30,32-35,37,44-47,51-52H,20-23H2,1-4H3;;/t28?,29?,30?,32?,33?,34?,35?,37-,41?,42?,43?;;/m0../s1. The van der Waals surface area contributed by atoms with Crippen molar-refractivity contribution in [3.05, 3.63) is 119 Å². The van der Waals surface area contributed by atoms with E-state index in [9.17, 15) is 39.9 Å². The molecule has 298 valence electrons. The number of benzene rings is 3. The van der Waals surface area contributed by atoms with Gasteiger partial charge in [-0.15, -0.1) is 0 Å². The predicted molar refractivity (Wildman–Crippen MR) is 198 cm³/mol. The summed E-state index contributed by atoms with van der Waals surface area (Å²) in [5, 5.41) is 64.2. The Labute approximate surface area is 403 Å². The van der Waals surface area contributed by atoms with Gasteiger partial charge in [0.15, 0.2) is 11.9 Å². The molecule has 1 aliphatic heterocycles. The molecule has 0 amide bonds. The van der Waals surface area contributed by atoms with Crippen LogP contribution in [0.15, 0.2) is 102 Å². The monoisotopic (exact) mass is 1210 g/mol. The normalized spacial score (nSPS) is 33.6. The molecule has 0 aromatic heterocycles. The zero-order chi connectivity index (χ0) is 39.5. The summed E-state index contributed by atoms with van der Waals surface area (Å²) < 4.78 is 18.0. The van der Waals surface area contributed by atoms with Crippen LogP contribution in [0.25, 0.3) is 0 Å². The Morgan fingerprint density at radius 1 is 0.895 bits per heavy atom. The third-order valence-corrected chi connectivity index (χ3v) is 13.0. The summed E-state index contributed by atoms with van der Waals surface area (Å²) in [6.07, 6.45) is -9.69. The number of fused-ring (bicyclic) bond motifs is 5. The number of ether oxygens (including phenoxy) is 3. The van der Waals surface area contributed by atoms with Gasteiger partial charge < -0.3 is 45.1 Å². The molecule has 2 saturated carbocycles. The van der Waals surface area contributed by atoms with Crippen LogP contribution in [0.3, 0.4) is 0 Å². The van der Waals surface area contributed by atoms with Crippen LogP contribution in [0.2, 0.25) is 0 Å². The molecular formula is C43H49Ac2NO11. The fourth-order valence-electron chi connectivity index (χ4n) is 9.62. The molecule has 1 heterocycles. The first-order valence-corrected chi connectivity index (χ1v) is 18.7. The minimum atomic E-state index is -2.24. The maximum absolute atomic E-state index is 14.7. The number of carbonyl (C=O) groups is 3. The SMILES string of the molecule is CC1=C2C(O)C(=O)C3(C)C(O)CC4OCC4(O)C3[C@H](OC(=O)c3ccccc3)C(O)(CC1OC(=O)C(O)C(NCc1ccccc1)c1ccccc1)C2(C)C.[Ac].[Ac]. The number of nitrogens with one attached hydrogen (secondary N) is 1. The molecule has 2 bridgehead atoms. The van der Waals surface area contributed by atoms with Crippen molar-refractivity contribution in [3.63, 3.8) is 0 Å². The number of aliphatic hydroxyl groups excluding tert-OH is 3. The van der Waals surface area contributed by atoms with Gasteiger partial charge in [0.25, 0.3) is 0 Å². The number of rotatable bonds is 9. The quantitative estimate of drug-likeness (QED) is 0.136. The average molecular weight is 1210 g/mol. The Kier molecular flexibility index (Phi) is 14.7. The van der Waals surface area contributed by atoms with Crippen LogP contribution in [0, 0.1) is 105 Å². The van der Waals surface area contributed by atoms with Crippen molar-refractivity contribution in [2.45, 2.75) is 101 Å². The minimum absolute atomic E-state index is 0. The molecule has 3 aliphatic carbocycles. The predicted octanol–water partition coefficient (Wildman–Crippen LogP) is 2.95. The van der Waals surface area contributed by atoms with Gasteiger partial charge in [-0.2, -0.15) is 0 Å². The van der Waals surface area contributed by atoms with Crippen molar-refractivity contribution < 1.29 is 142 Å². The first kappa shape index (κ1) is 46.7. The topological polar surface area (TPSA) is 192 Å². The van der Waals surface area contributed by atoms with Gasteiger partial charge in [0.1, 0.15) is 29.5 Å². The van der Waals surface area contributed by atoms with Crippen molar-refractivity contribution in [1.29, 1.82) is 0 Å². The molecule has 3 aromatic carbocycles. The zero-order valence-electron chi connectivity index (χ0n) is 32.4. The summed E-state index contributed by atoms with van der Waals surface area (Å²) in [4.78, 5) is 42.7. The molecule has 57 heavy (non-hydrogen) atoms. The maximum atomic E-state index is 14.7. The Morgan fingerprint density at radius 2 is 1.47 bits per heavy atom. The zero-order valence-corrected chi connectivity index (χ0v) is 41.9. The largest absolute Gasteiger partial charge is 0.456 e. The number of hydrogen-bond donors (Lipinski definition) is 6. The van der Waals surface area contributed by atoms with E-state index in [4.69, 9.17) is 14.2 Å². The molecule has 2 radical (unpaired) electrons. The molecule has 3 fully saturated rings. The second-order valence-electron chi connectivity index (χ2n) is 16.2. The fraction of sp³-hybridized carbons (Fsp3) is 0.465. The van der Waals surface area contributed by atoms with Crippen LogP contribution in [-0.2, 0) is 30.3 Å². The average Bonchev–Trinajstić information content (AvgIpc) is 3.17. The van der Waals surface area contributed by atoms with Crippen LogP contribution in [0.1, 0.15) is 68.1 Å². The Morgan fingerprint density at radius 3 is 2.05 bits per heavy atom. The van der Waals surface area contributed by atoms with Crippen molar-refractivity contribution in [1.82, 2.24) is 5.32 Å². The van der Waals surface area contributed by atoms with Crippen molar-refractivity contribution in [2.24, 2.45) is 16.7 Å². The van der Waals surface area contributed by atoms with E-state index < -0.39 is 94.8 Å². The van der Waals surface area contributed by atoms with E-state index >= 15 is 0 Å². The molecule has 0 spiro atoms. The summed E-state index contributed by atoms with van der Waals surface area (Å²) in [6, 6.07) is 25.4. The third kappa shape index (κ3) is 7.98. The number of hydrogen-bond acceptors (Lipinski definition) is 12. The molecule has 1 saturated heterocycles. The summed E-state index contributed by atoms with van der Waals surface area (Å²) in [6.45, 7) is 6.21. The molecule has 7 rings (SSSR count). The molecule has 12 nitrogen and oxygen atoms in total. The second kappa shape index (κ2) is 17.9. The number of aliphatic hydroxyl groups is 5. The molecule has 10 unspecified atom stereocenters. The van der Waals surface area contributed by atoms with E-state index in [-0.39, 0.29) is 118 Å². The smallest absolute Gasteiger partial charge is 0.338 e. The molecular weight excluding hydrogens is 1160 g/mol. The van der Waals surface area contributed by atoms with Crippen LogP contribution in [0.4, 0.5) is 0 Å². The Hall–Kier alpha value is -1.39. The Balaban J connectivity index is 0.00000310. The van der Waals surface area contributed by atoms with Gasteiger partial charge >= 0.3 is 11.9 Å². The summed E-state index contributed by atoms with van der Waals surface area (Å²) >= 11 is 0. The van der Waals surface area contributed by atoms with Gasteiger partial charge in [0, 0.05) is 119 Å². The van der Waals surface area contributed by atoms with E-state index in [0.717, 1.165) is 5.56 Å². The number of Topliss-reactive ketones (excluding diaryl/α,β-unsaturated/α-hetero) is 1. The van der Waals surface area contributed by atoms with Crippen molar-refractivity contribution in [3.8, 4) is 0 Å².